The van der Waals surface area contributed by atoms with Gasteiger partial charge in [0.25, 0.3) is 17.5 Å². The second kappa shape index (κ2) is 9.67. The molecule has 9 nitrogen and oxygen atoms in total. The minimum Gasteiger partial charge on any atom is -0.464 e. The molecule has 1 aliphatic rings. The molecule has 0 aliphatic carbocycles. The van der Waals surface area contributed by atoms with Crippen LogP contribution in [0.1, 0.15) is 39.1 Å². The Kier molecular flexibility index (Phi) is 6.95. The summed E-state index contributed by atoms with van der Waals surface area (Å²) in [5.74, 6) is -1.53. The summed E-state index contributed by atoms with van der Waals surface area (Å²) in [6.45, 7) is -0.372. The third-order valence-corrected chi connectivity index (χ3v) is 4.86. The SMILES string of the molecule is O=C(CNc1ccc(C(F)(F)F)cc1[N+](=O)[O-])OCCCCN1C(=O)c2ccccc2C1=O. The Balaban J connectivity index is 1.42. The first-order valence-electron chi connectivity index (χ1n) is 9.80. The first kappa shape index (κ1) is 23.7. The van der Waals surface area contributed by atoms with Crippen molar-refractivity contribution in [2.45, 2.75) is 19.0 Å². The second-order valence-electron chi connectivity index (χ2n) is 7.08. The zero-order chi connectivity index (χ0) is 24.2. The number of unbranched alkanes of at least 4 members (excludes halogenated alkanes) is 1. The molecule has 0 bridgehead atoms. The van der Waals surface area contributed by atoms with E-state index in [4.69, 9.17) is 4.74 Å². The Morgan fingerprint density at radius 3 is 2.27 bits per heavy atom. The van der Waals surface area contributed by atoms with Crippen LogP contribution >= 0.6 is 0 Å². The number of hydrogen-bond donors (Lipinski definition) is 1. The minimum atomic E-state index is -4.74. The van der Waals surface area contributed by atoms with Crippen LogP contribution < -0.4 is 5.32 Å². The molecule has 1 aliphatic heterocycles. The summed E-state index contributed by atoms with van der Waals surface area (Å²) in [6.07, 6.45) is -4.01. The number of fused-ring (bicyclic) bond motifs is 1. The fraction of sp³-hybridized carbons (Fsp3) is 0.286. The summed E-state index contributed by atoms with van der Waals surface area (Å²) in [7, 11) is 0. The van der Waals surface area contributed by atoms with Gasteiger partial charge in [-0.25, -0.2) is 0 Å². The number of rotatable bonds is 9. The Labute approximate surface area is 185 Å². The summed E-state index contributed by atoms with van der Waals surface area (Å²) in [6, 6.07) is 8.40. The van der Waals surface area contributed by atoms with Gasteiger partial charge in [0.2, 0.25) is 0 Å². The molecule has 0 saturated carbocycles. The number of ether oxygens (including phenoxy) is 1. The number of benzene rings is 2. The highest BCUT2D eigenvalue weighted by Gasteiger charge is 2.35. The normalized spacial score (nSPS) is 13.1. The van der Waals surface area contributed by atoms with Crippen LogP contribution in [0.3, 0.4) is 0 Å². The largest absolute Gasteiger partial charge is 0.464 e. The molecule has 0 radical (unpaired) electrons. The average Bonchev–Trinajstić information content (AvgIpc) is 3.01. The van der Waals surface area contributed by atoms with Crippen molar-refractivity contribution in [3.63, 3.8) is 0 Å². The van der Waals surface area contributed by atoms with Gasteiger partial charge in [-0.3, -0.25) is 29.4 Å². The summed E-state index contributed by atoms with van der Waals surface area (Å²) >= 11 is 0. The number of carbonyl (C=O) groups is 3. The van der Waals surface area contributed by atoms with Crippen LogP contribution in [0.15, 0.2) is 42.5 Å². The second-order valence-corrected chi connectivity index (χ2v) is 7.08. The van der Waals surface area contributed by atoms with Crippen LogP contribution in [0.2, 0.25) is 0 Å². The van der Waals surface area contributed by atoms with E-state index in [1.54, 1.807) is 24.3 Å². The number of amides is 2. The number of anilines is 1. The van der Waals surface area contributed by atoms with Crippen molar-refractivity contribution < 1.29 is 37.2 Å². The fourth-order valence-corrected chi connectivity index (χ4v) is 3.23. The van der Waals surface area contributed by atoms with Crippen molar-refractivity contribution in [1.29, 1.82) is 0 Å². The van der Waals surface area contributed by atoms with Crippen molar-refractivity contribution >= 4 is 29.2 Å². The maximum Gasteiger partial charge on any atom is 0.416 e. The highest BCUT2D eigenvalue weighted by Crippen LogP contribution is 2.34. The number of nitro groups is 1. The molecule has 0 spiro atoms. The predicted molar refractivity (Wildman–Crippen MR) is 109 cm³/mol. The molecule has 3 rings (SSSR count). The average molecular weight is 465 g/mol. The molecule has 0 aromatic heterocycles. The molecule has 0 saturated heterocycles. The number of nitrogens with one attached hydrogen (secondary N) is 1. The van der Waals surface area contributed by atoms with Crippen LogP contribution in [0.25, 0.3) is 0 Å². The number of alkyl halides is 3. The molecule has 33 heavy (non-hydrogen) atoms. The highest BCUT2D eigenvalue weighted by molar-refractivity contribution is 6.21. The highest BCUT2D eigenvalue weighted by atomic mass is 19.4. The van der Waals surface area contributed by atoms with Crippen molar-refractivity contribution in [2.75, 3.05) is 25.0 Å². The van der Waals surface area contributed by atoms with E-state index in [2.05, 4.69) is 5.32 Å². The number of esters is 1. The quantitative estimate of drug-likeness (QED) is 0.197. The summed E-state index contributed by atoms with van der Waals surface area (Å²) in [5, 5.41) is 13.4. The van der Waals surface area contributed by atoms with Crippen LogP contribution in [0.4, 0.5) is 24.5 Å². The number of carbonyl (C=O) groups excluding carboxylic acids is 3. The lowest BCUT2D eigenvalue weighted by Gasteiger charge is -2.13. The van der Waals surface area contributed by atoms with Gasteiger partial charge in [0.1, 0.15) is 12.2 Å². The maximum atomic E-state index is 12.7. The van der Waals surface area contributed by atoms with E-state index in [1.807, 2.05) is 0 Å². The summed E-state index contributed by atoms with van der Waals surface area (Å²) in [5.41, 5.74) is -1.57. The van der Waals surface area contributed by atoms with Gasteiger partial charge in [0.05, 0.1) is 28.2 Å². The molecule has 1 heterocycles. The van der Waals surface area contributed by atoms with Crippen LogP contribution in [-0.2, 0) is 15.7 Å². The standard InChI is InChI=1S/C21H18F3N3O6/c22-21(23,24)13-7-8-16(17(11-13)27(31)32)25-12-18(28)33-10-4-3-9-26-19(29)14-5-1-2-6-15(14)20(26)30/h1-2,5-8,11,25H,3-4,9-10,12H2. The van der Waals surface area contributed by atoms with Gasteiger partial charge in [-0.2, -0.15) is 13.2 Å². The molecule has 2 amide bonds. The Morgan fingerprint density at radius 1 is 1.06 bits per heavy atom. The van der Waals surface area contributed by atoms with Crippen molar-refractivity contribution in [3.05, 3.63) is 69.3 Å². The van der Waals surface area contributed by atoms with E-state index in [0.717, 1.165) is 11.0 Å². The van der Waals surface area contributed by atoms with E-state index in [1.165, 1.54) is 0 Å². The van der Waals surface area contributed by atoms with E-state index in [9.17, 15) is 37.7 Å². The molecule has 1 N–H and O–H groups in total. The first-order chi connectivity index (χ1) is 15.6. The smallest absolute Gasteiger partial charge is 0.416 e. The van der Waals surface area contributed by atoms with E-state index < -0.39 is 34.9 Å². The van der Waals surface area contributed by atoms with Crippen LogP contribution in [0, 0.1) is 10.1 Å². The molecular formula is C21H18F3N3O6. The number of hydrogen-bond acceptors (Lipinski definition) is 7. The lowest BCUT2D eigenvalue weighted by atomic mass is 10.1. The number of imide groups is 1. The summed E-state index contributed by atoms with van der Waals surface area (Å²) < 4.78 is 43.2. The van der Waals surface area contributed by atoms with Gasteiger partial charge < -0.3 is 10.1 Å². The molecule has 12 heteroatoms. The topological polar surface area (TPSA) is 119 Å². The van der Waals surface area contributed by atoms with Gasteiger partial charge in [-0.05, 0) is 37.1 Å². The third-order valence-electron chi connectivity index (χ3n) is 4.86. The molecule has 174 valence electrons. The number of nitro benzene ring substituents is 1. The van der Waals surface area contributed by atoms with Gasteiger partial charge >= 0.3 is 12.1 Å². The lowest BCUT2D eigenvalue weighted by Crippen LogP contribution is -2.30. The van der Waals surface area contributed by atoms with Gasteiger partial charge in [0.15, 0.2) is 0 Å². The van der Waals surface area contributed by atoms with Gasteiger partial charge in [0, 0.05) is 12.6 Å². The fourth-order valence-electron chi connectivity index (χ4n) is 3.23. The maximum absolute atomic E-state index is 12.7. The van der Waals surface area contributed by atoms with E-state index >= 15 is 0 Å². The van der Waals surface area contributed by atoms with E-state index in [-0.39, 0.29) is 30.7 Å². The first-order valence-corrected chi connectivity index (χ1v) is 9.80. The number of halogens is 3. The zero-order valence-corrected chi connectivity index (χ0v) is 17.1. The molecule has 0 unspecified atom stereocenters. The molecule has 0 fully saturated rings. The summed E-state index contributed by atoms with van der Waals surface area (Å²) in [4.78, 5) is 47.5. The van der Waals surface area contributed by atoms with Crippen molar-refractivity contribution in [2.24, 2.45) is 0 Å². The van der Waals surface area contributed by atoms with Crippen molar-refractivity contribution in [3.8, 4) is 0 Å². The molecule has 0 atom stereocenters. The monoisotopic (exact) mass is 465 g/mol. The third kappa shape index (κ3) is 5.45. The molecule has 2 aromatic rings. The lowest BCUT2D eigenvalue weighted by molar-refractivity contribution is -0.384. The minimum absolute atomic E-state index is 0.0290. The Bertz CT molecular complexity index is 1070. The Hall–Kier alpha value is -3.96. The Morgan fingerprint density at radius 2 is 1.70 bits per heavy atom. The zero-order valence-electron chi connectivity index (χ0n) is 17.1. The van der Waals surface area contributed by atoms with Crippen LogP contribution in [0.5, 0.6) is 0 Å². The molecular weight excluding hydrogens is 447 g/mol. The van der Waals surface area contributed by atoms with E-state index in [0.29, 0.717) is 36.1 Å². The predicted octanol–water partition coefficient (Wildman–Crippen LogP) is 3.65. The van der Waals surface area contributed by atoms with Crippen molar-refractivity contribution in [1.82, 2.24) is 4.90 Å². The number of nitrogens with zero attached hydrogens (tertiary/aromatic N) is 2. The molecule has 2 aromatic carbocycles. The van der Waals surface area contributed by atoms with Gasteiger partial charge in [-0.15, -0.1) is 0 Å². The van der Waals surface area contributed by atoms with Gasteiger partial charge in [-0.1, -0.05) is 12.1 Å². The van der Waals surface area contributed by atoms with Crippen LogP contribution in [-0.4, -0.2) is 47.3 Å².